The third-order valence-electron chi connectivity index (χ3n) is 3.92. The van der Waals surface area contributed by atoms with Gasteiger partial charge in [0.05, 0.1) is 18.2 Å². The van der Waals surface area contributed by atoms with Gasteiger partial charge in [-0.25, -0.2) is 0 Å². The van der Waals surface area contributed by atoms with Crippen LogP contribution >= 0.6 is 11.8 Å². The minimum absolute atomic E-state index is 0.100. The second-order valence-corrected chi connectivity index (χ2v) is 6.78. The average molecular weight is 359 g/mol. The molecule has 1 aliphatic rings. The van der Waals surface area contributed by atoms with Gasteiger partial charge in [0.1, 0.15) is 5.69 Å². The zero-order valence-corrected chi connectivity index (χ0v) is 14.2. The first kappa shape index (κ1) is 17.2. The monoisotopic (exact) mass is 359 g/mol. The molecule has 1 N–H and O–H groups in total. The highest BCUT2D eigenvalue weighted by Gasteiger charge is 2.30. The molecule has 7 nitrogen and oxygen atoms in total. The van der Waals surface area contributed by atoms with Crippen LogP contribution in [0.25, 0.3) is 5.69 Å². The maximum absolute atomic E-state index is 12.8. The summed E-state index contributed by atoms with van der Waals surface area (Å²) < 4.78 is 1.18. The Hall–Kier alpha value is -2.61. The molecular weight excluding hydrogens is 342 g/mol. The summed E-state index contributed by atoms with van der Waals surface area (Å²) in [5.74, 6) is 0.0417. The third-order valence-corrected chi connectivity index (χ3v) is 5.01. The smallest absolute Gasteiger partial charge is 0.305 e. The Morgan fingerprint density at radius 2 is 1.96 bits per heavy atom. The fourth-order valence-corrected chi connectivity index (χ4v) is 3.78. The van der Waals surface area contributed by atoms with Crippen LogP contribution in [0, 0.1) is 0 Å². The van der Waals surface area contributed by atoms with Crippen molar-refractivity contribution in [1.82, 2.24) is 14.7 Å². The van der Waals surface area contributed by atoms with Crippen molar-refractivity contribution >= 4 is 23.6 Å². The summed E-state index contributed by atoms with van der Waals surface area (Å²) in [6.45, 7) is 0.466. The summed E-state index contributed by atoms with van der Waals surface area (Å²) >= 11 is 1.63. The number of carbonyl (C=O) groups excluding carboxylic acids is 1. The van der Waals surface area contributed by atoms with E-state index in [0.717, 1.165) is 5.75 Å². The molecule has 1 unspecified atom stereocenters. The summed E-state index contributed by atoms with van der Waals surface area (Å²) in [7, 11) is 0. The number of rotatable bonds is 4. The molecule has 0 saturated carbocycles. The lowest BCUT2D eigenvalue weighted by atomic mass is 10.1. The van der Waals surface area contributed by atoms with Crippen molar-refractivity contribution < 1.29 is 14.7 Å². The Morgan fingerprint density at radius 1 is 1.20 bits per heavy atom. The molecule has 0 spiro atoms. The largest absolute Gasteiger partial charge is 0.481 e. The zero-order valence-electron chi connectivity index (χ0n) is 13.4. The lowest BCUT2D eigenvalue weighted by Gasteiger charge is -2.34. The first-order chi connectivity index (χ1) is 12.1. The molecule has 0 aliphatic carbocycles. The molecule has 1 aromatic heterocycles. The first-order valence-corrected chi connectivity index (χ1v) is 8.98. The van der Waals surface area contributed by atoms with E-state index in [1.807, 2.05) is 6.07 Å². The van der Waals surface area contributed by atoms with Crippen LogP contribution in [0.1, 0.15) is 16.9 Å². The maximum atomic E-state index is 12.8. The van der Waals surface area contributed by atoms with Crippen molar-refractivity contribution in [3.05, 3.63) is 58.5 Å². The van der Waals surface area contributed by atoms with Crippen LogP contribution in [-0.2, 0) is 4.79 Å². The van der Waals surface area contributed by atoms with Crippen molar-refractivity contribution in [3.63, 3.8) is 0 Å². The number of carbonyl (C=O) groups is 2. The number of aromatic nitrogens is 2. The molecule has 3 rings (SSSR count). The van der Waals surface area contributed by atoms with Crippen molar-refractivity contribution in [2.45, 2.75) is 12.5 Å². The zero-order chi connectivity index (χ0) is 17.8. The molecule has 130 valence electrons. The van der Waals surface area contributed by atoms with Crippen LogP contribution in [0.5, 0.6) is 0 Å². The predicted octanol–water partition coefficient (Wildman–Crippen LogP) is 1.26. The molecule has 1 fully saturated rings. The molecular formula is C17H17N3O4S. The predicted molar refractivity (Wildman–Crippen MR) is 94.2 cm³/mol. The number of benzene rings is 1. The van der Waals surface area contributed by atoms with E-state index in [1.54, 1.807) is 40.9 Å². The van der Waals surface area contributed by atoms with Gasteiger partial charge in [0.15, 0.2) is 0 Å². The highest BCUT2D eigenvalue weighted by Crippen LogP contribution is 2.20. The molecule has 2 heterocycles. The van der Waals surface area contributed by atoms with Gasteiger partial charge in [-0.15, -0.1) is 0 Å². The Morgan fingerprint density at radius 3 is 2.68 bits per heavy atom. The lowest BCUT2D eigenvalue weighted by Crippen LogP contribution is -2.47. The van der Waals surface area contributed by atoms with Crippen molar-refractivity contribution in [2.24, 2.45) is 0 Å². The number of amides is 1. The second-order valence-electron chi connectivity index (χ2n) is 5.63. The van der Waals surface area contributed by atoms with Crippen molar-refractivity contribution in [3.8, 4) is 5.69 Å². The number of carboxylic acids is 1. The SMILES string of the molecule is O=C(O)CC1CSCCN1C(=O)c1ccc(=O)n(-c2ccccc2)n1. The maximum Gasteiger partial charge on any atom is 0.305 e. The molecule has 1 amide bonds. The van der Waals surface area contributed by atoms with Gasteiger partial charge in [0.2, 0.25) is 0 Å². The molecule has 1 saturated heterocycles. The number of hydrogen-bond donors (Lipinski definition) is 1. The molecule has 0 bridgehead atoms. The van der Waals surface area contributed by atoms with E-state index in [9.17, 15) is 14.4 Å². The van der Waals surface area contributed by atoms with Gasteiger partial charge in [-0.3, -0.25) is 14.4 Å². The summed E-state index contributed by atoms with van der Waals surface area (Å²) in [6.07, 6.45) is -0.100. The average Bonchev–Trinajstić information content (AvgIpc) is 2.62. The first-order valence-electron chi connectivity index (χ1n) is 7.82. The van der Waals surface area contributed by atoms with Crippen LogP contribution in [-0.4, -0.2) is 55.8 Å². The minimum atomic E-state index is -0.937. The van der Waals surface area contributed by atoms with E-state index in [-0.39, 0.29) is 29.6 Å². The second kappa shape index (κ2) is 7.52. The number of para-hydroxylation sites is 1. The number of hydrogen-bond acceptors (Lipinski definition) is 5. The Labute approximate surface area is 148 Å². The molecule has 8 heteroatoms. The molecule has 25 heavy (non-hydrogen) atoms. The number of thioether (sulfide) groups is 1. The third kappa shape index (κ3) is 3.90. The Bertz CT molecular complexity index is 837. The summed E-state index contributed by atoms with van der Waals surface area (Å²) in [5.41, 5.74) is 0.364. The molecule has 1 atom stereocenters. The quantitative estimate of drug-likeness (QED) is 0.884. The van der Waals surface area contributed by atoms with Gasteiger partial charge < -0.3 is 10.0 Å². The van der Waals surface area contributed by atoms with Crippen LogP contribution in [0.3, 0.4) is 0 Å². The van der Waals surface area contributed by atoms with Crippen molar-refractivity contribution in [1.29, 1.82) is 0 Å². The van der Waals surface area contributed by atoms with E-state index in [1.165, 1.54) is 16.8 Å². The molecule has 2 aromatic rings. The Balaban J connectivity index is 1.91. The Kier molecular flexibility index (Phi) is 5.18. The molecule has 0 radical (unpaired) electrons. The van der Waals surface area contributed by atoms with Crippen LogP contribution in [0.4, 0.5) is 0 Å². The number of aliphatic carboxylic acids is 1. The highest BCUT2D eigenvalue weighted by atomic mass is 32.2. The summed E-state index contributed by atoms with van der Waals surface area (Å²) in [5, 5.41) is 13.2. The molecule has 1 aliphatic heterocycles. The fourth-order valence-electron chi connectivity index (χ4n) is 2.72. The standard InChI is InChI=1S/C17H17N3O4S/c21-15-7-6-14(18-20(15)12-4-2-1-3-5-12)17(24)19-8-9-25-11-13(19)10-16(22)23/h1-7,13H,8-11H2,(H,22,23). The fraction of sp³-hybridized carbons (Fsp3) is 0.294. The van der Waals surface area contributed by atoms with Gasteiger partial charge in [0, 0.05) is 24.1 Å². The van der Waals surface area contributed by atoms with Crippen LogP contribution in [0.2, 0.25) is 0 Å². The topological polar surface area (TPSA) is 92.5 Å². The van der Waals surface area contributed by atoms with E-state index in [0.29, 0.717) is 18.0 Å². The minimum Gasteiger partial charge on any atom is -0.481 e. The van der Waals surface area contributed by atoms with E-state index in [4.69, 9.17) is 5.11 Å². The van der Waals surface area contributed by atoms with Crippen LogP contribution < -0.4 is 5.56 Å². The van der Waals surface area contributed by atoms with E-state index < -0.39 is 5.97 Å². The highest BCUT2D eigenvalue weighted by molar-refractivity contribution is 7.99. The summed E-state index contributed by atoms with van der Waals surface area (Å²) in [4.78, 5) is 37.5. The summed E-state index contributed by atoms with van der Waals surface area (Å²) in [6, 6.07) is 11.2. The van der Waals surface area contributed by atoms with E-state index in [2.05, 4.69) is 5.10 Å². The lowest BCUT2D eigenvalue weighted by molar-refractivity contribution is -0.138. The van der Waals surface area contributed by atoms with Gasteiger partial charge in [-0.05, 0) is 18.2 Å². The number of carboxylic acid groups (broad SMARTS) is 1. The molecule has 1 aromatic carbocycles. The van der Waals surface area contributed by atoms with Gasteiger partial charge in [0.25, 0.3) is 11.5 Å². The van der Waals surface area contributed by atoms with Crippen molar-refractivity contribution in [2.75, 3.05) is 18.1 Å². The number of nitrogens with zero attached hydrogens (tertiary/aromatic N) is 3. The van der Waals surface area contributed by atoms with Gasteiger partial charge in [-0.1, -0.05) is 18.2 Å². The normalized spacial score (nSPS) is 17.3. The van der Waals surface area contributed by atoms with E-state index >= 15 is 0 Å². The van der Waals surface area contributed by atoms with Gasteiger partial charge >= 0.3 is 5.97 Å². The van der Waals surface area contributed by atoms with Gasteiger partial charge in [-0.2, -0.15) is 21.5 Å². The van der Waals surface area contributed by atoms with Crippen LogP contribution in [0.15, 0.2) is 47.3 Å².